The molecule has 1 aromatic rings. The Morgan fingerprint density at radius 1 is 1.09 bits per heavy atom. The van der Waals surface area contributed by atoms with Gasteiger partial charge in [-0.05, 0) is 20.3 Å². The van der Waals surface area contributed by atoms with E-state index in [1.165, 1.54) is 0 Å². The van der Waals surface area contributed by atoms with E-state index in [1.54, 1.807) is 13.8 Å². The van der Waals surface area contributed by atoms with Gasteiger partial charge in [0, 0.05) is 18.1 Å². The Morgan fingerprint density at radius 2 is 1.59 bits per heavy atom. The van der Waals surface area contributed by atoms with E-state index in [0.717, 1.165) is 0 Å². The fourth-order valence-electron chi connectivity index (χ4n) is 1.61. The minimum Gasteiger partial charge on any atom is -0.458 e. The van der Waals surface area contributed by atoms with Crippen LogP contribution < -0.4 is 4.74 Å². The van der Waals surface area contributed by atoms with Crippen molar-refractivity contribution in [1.29, 1.82) is 0 Å². The highest BCUT2D eigenvalue weighted by Crippen LogP contribution is 2.32. The van der Waals surface area contributed by atoms with Crippen molar-refractivity contribution in [1.82, 2.24) is 0 Å². The zero-order valence-electron chi connectivity index (χ0n) is 12.9. The van der Waals surface area contributed by atoms with Gasteiger partial charge in [-0.3, -0.25) is 0 Å². The first-order valence-corrected chi connectivity index (χ1v) is 6.85. The van der Waals surface area contributed by atoms with Crippen LogP contribution in [0.25, 0.3) is 0 Å². The van der Waals surface area contributed by atoms with Crippen LogP contribution in [0.15, 0.2) is 6.07 Å². The van der Waals surface area contributed by atoms with E-state index in [-0.39, 0.29) is 18.8 Å². The van der Waals surface area contributed by atoms with Crippen LogP contribution in [0, 0.1) is 28.7 Å². The van der Waals surface area contributed by atoms with Crippen molar-refractivity contribution < 1.29 is 32.1 Å². The molecule has 0 aliphatic heterocycles. The van der Waals surface area contributed by atoms with Crippen molar-refractivity contribution in [2.24, 2.45) is 5.41 Å². The maximum atomic E-state index is 13.5. The Bertz CT molecular complexity index is 492. The van der Waals surface area contributed by atoms with Crippen molar-refractivity contribution in [2.45, 2.75) is 46.5 Å². The zero-order valence-corrected chi connectivity index (χ0v) is 12.9. The van der Waals surface area contributed by atoms with Crippen LogP contribution in [-0.2, 0) is 4.74 Å². The summed E-state index contributed by atoms with van der Waals surface area (Å²) in [6.45, 7) is 7.10. The van der Waals surface area contributed by atoms with Gasteiger partial charge in [0.15, 0.2) is 17.4 Å². The molecule has 1 atom stereocenters. The fraction of sp³-hybridized carbons (Fsp3) is 0.600. The highest BCUT2D eigenvalue weighted by atomic mass is 19.2. The zero-order chi connectivity index (χ0) is 17.1. The van der Waals surface area contributed by atoms with E-state index >= 15 is 0 Å². The van der Waals surface area contributed by atoms with Gasteiger partial charge < -0.3 is 14.6 Å². The van der Waals surface area contributed by atoms with E-state index in [4.69, 9.17) is 9.47 Å². The molecule has 0 saturated heterocycles. The Hall–Kier alpha value is -1.34. The minimum absolute atomic E-state index is 0.0129. The lowest BCUT2D eigenvalue weighted by Crippen LogP contribution is -2.36. The first-order chi connectivity index (χ1) is 10.1. The number of hydrogen-bond acceptors (Lipinski definition) is 3. The number of ether oxygens (including phenoxy) is 2. The quantitative estimate of drug-likeness (QED) is 0.471. The highest BCUT2D eigenvalue weighted by molar-refractivity contribution is 5.28. The van der Waals surface area contributed by atoms with Crippen molar-refractivity contribution in [3.8, 4) is 5.75 Å². The van der Waals surface area contributed by atoms with Crippen molar-refractivity contribution in [2.75, 3.05) is 6.61 Å². The molecule has 126 valence electrons. The molecule has 0 spiro atoms. The maximum absolute atomic E-state index is 13.5. The first-order valence-electron chi connectivity index (χ1n) is 6.85. The summed E-state index contributed by atoms with van der Waals surface area (Å²) >= 11 is 0. The molecule has 0 aromatic heterocycles. The SMILES string of the molecule is CC(C)OCCC(C)(C)C(O)Oc1c(F)c(F)cc(F)c1F. The molecule has 0 saturated carbocycles. The summed E-state index contributed by atoms with van der Waals surface area (Å²) in [6, 6.07) is 0.0749. The average Bonchev–Trinajstić information content (AvgIpc) is 2.40. The molecule has 0 amide bonds. The van der Waals surface area contributed by atoms with E-state index in [2.05, 4.69) is 0 Å². The van der Waals surface area contributed by atoms with Crippen LogP contribution >= 0.6 is 0 Å². The van der Waals surface area contributed by atoms with Crippen molar-refractivity contribution in [3.63, 3.8) is 0 Å². The molecule has 0 bridgehead atoms. The standard InChI is InChI=1S/C15H20F4O3/c1-8(2)21-6-5-15(3,4)14(20)22-13-11(18)9(16)7-10(17)12(13)19/h7-8,14,20H,5-6H2,1-4H3. The molecule has 1 unspecified atom stereocenters. The number of aliphatic hydroxyl groups excluding tert-OH is 1. The topological polar surface area (TPSA) is 38.7 Å². The van der Waals surface area contributed by atoms with Gasteiger partial charge in [0.2, 0.25) is 17.9 Å². The Kier molecular flexibility index (Phi) is 6.19. The number of halogens is 4. The molecule has 0 radical (unpaired) electrons. The molecular weight excluding hydrogens is 304 g/mol. The second-order valence-electron chi connectivity index (χ2n) is 5.93. The predicted octanol–water partition coefficient (Wildman–Crippen LogP) is 3.78. The normalized spacial score (nSPS) is 13.5. The summed E-state index contributed by atoms with van der Waals surface area (Å²) in [5, 5.41) is 9.97. The first kappa shape index (κ1) is 18.7. The van der Waals surface area contributed by atoms with Gasteiger partial charge >= 0.3 is 0 Å². The van der Waals surface area contributed by atoms with Gasteiger partial charge in [-0.15, -0.1) is 0 Å². The molecule has 0 aliphatic rings. The Balaban J connectivity index is 2.86. The molecule has 0 fully saturated rings. The van der Waals surface area contributed by atoms with Crippen molar-refractivity contribution >= 4 is 0 Å². The molecule has 1 aromatic carbocycles. The lowest BCUT2D eigenvalue weighted by Gasteiger charge is -2.30. The average molecular weight is 324 g/mol. The molecule has 7 heteroatoms. The Morgan fingerprint density at radius 3 is 2.05 bits per heavy atom. The van der Waals surface area contributed by atoms with E-state index in [9.17, 15) is 22.7 Å². The van der Waals surface area contributed by atoms with Gasteiger partial charge in [0.1, 0.15) is 0 Å². The predicted molar refractivity (Wildman–Crippen MR) is 72.4 cm³/mol. The molecule has 1 rings (SSSR count). The summed E-state index contributed by atoms with van der Waals surface area (Å²) in [5.41, 5.74) is -0.948. The lowest BCUT2D eigenvalue weighted by atomic mass is 9.89. The number of aliphatic hydroxyl groups is 1. The van der Waals surface area contributed by atoms with Gasteiger partial charge in [0.05, 0.1) is 6.10 Å². The number of rotatable bonds is 7. The molecule has 3 nitrogen and oxygen atoms in total. The summed E-state index contributed by atoms with van der Waals surface area (Å²) in [6.07, 6.45) is -1.37. The molecule has 22 heavy (non-hydrogen) atoms. The largest absolute Gasteiger partial charge is 0.458 e. The highest BCUT2D eigenvalue weighted by Gasteiger charge is 2.32. The van der Waals surface area contributed by atoms with Crippen LogP contribution in [0.1, 0.15) is 34.1 Å². The van der Waals surface area contributed by atoms with E-state index in [1.807, 2.05) is 13.8 Å². The van der Waals surface area contributed by atoms with Gasteiger partial charge in [-0.2, -0.15) is 8.78 Å². The minimum atomic E-state index is -1.69. The van der Waals surface area contributed by atoms with Gasteiger partial charge in [0.25, 0.3) is 0 Å². The van der Waals surface area contributed by atoms with E-state index < -0.39 is 40.7 Å². The summed E-state index contributed by atoms with van der Waals surface area (Å²) in [7, 11) is 0. The fourth-order valence-corrected chi connectivity index (χ4v) is 1.61. The molecule has 0 heterocycles. The van der Waals surface area contributed by atoms with Crippen LogP contribution in [0.5, 0.6) is 5.75 Å². The van der Waals surface area contributed by atoms with Crippen LogP contribution in [0.4, 0.5) is 17.6 Å². The lowest BCUT2D eigenvalue weighted by molar-refractivity contribution is -0.115. The van der Waals surface area contributed by atoms with Gasteiger partial charge in [-0.25, -0.2) is 8.78 Å². The van der Waals surface area contributed by atoms with Crippen LogP contribution in [0.3, 0.4) is 0 Å². The molecular formula is C15H20F4O3. The third-order valence-corrected chi connectivity index (χ3v) is 3.17. The van der Waals surface area contributed by atoms with E-state index in [0.29, 0.717) is 6.42 Å². The number of hydrogen-bond donors (Lipinski definition) is 1. The molecule has 1 N–H and O–H groups in total. The monoisotopic (exact) mass is 324 g/mol. The van der Waals surface area contributed by atoms with Gasteiger partial charge in [-0.1, -0.05) is 13.8 Å². The maximum Gasteiger partial charge on any atom is 0.204 e. The number of benzene rings is 1. The smallest absolute Gasteiger partial charge is 0.204 e. The summed E-state index contributed by atoms with van der Waals surface area (Å²) in [5.74, 6) is -7.84. The summed E-state index contributed by atoms with van der Waals surface area (Å²) in [4.78, 5) is 0. The third kappa shape index (κ3) is 4.58. The van der Waals surface area contributed by atoms with Crippen LogP contribution in [0.2, 0.25) is 0 Å². The summed E-state index contributed by atoms with van der Waals surface area (Å²) < 4.78 is 63.3. The Labute approximate surface area is 126 Å². The molecule has 0 aliphatic carbocycles. The third-order valence-electron chi connectivity index (χ3n) is 3.17. The van der Waals surface area contributed by atoms with Crippen LogP contribution in [-0.4, -0.2) is 24.1 Å². The second-order valence-corrected chi connectivity index (χ2v) is 5.93. The second kappa shape index (κ2) is 7.28. The van der Waals surface area contributed by atoms with Crippen molar-refractivity contribution in [3.05, 3.63) is 29.3 Å².